The molecule has 2 amide bonds. The maximum atomic E-state index is 12.9. The summed E-state index contributed by atoms with van der Waals surface area (Å²) in [6.45, 7) is 5.12. The molecular formula is C22H26N2O3. The van der Waals surface area contributed by atoms with E-state index >= 15 is 0 Å². The Morgan fingerprint density at radius 1 is 1.11 bits per heavy atom. The molecule has 1 aliphatic heterocycles. The van der Waals surface area contributed by atoms with Crippen LogP contribution in [-0.4, -0.2) is 36.9 Å². The van der Waals surface area contributed by atoms with Crippen LogP contribution < -0.4 is 10.1 Å². The quantitative estimate of drug-likeness (QED) is 0.895. The number of benzene rings is 2. The van der Waals surface area contributed by atoms with Crippen LogP contribution in [0.4, 0.5) is 5.69 Å². The van der Waals surface area contributed by atoms with Crippen molar-refractivity contribution in [1.29, 1.82) is 0 Å². The number of piperidine rings is 1. The number of anilines is 1. The van der Waals surface area contributed by atoms with Crippen molar-refractivity contribution in [3.8, 4) is 5.75 Å². The van der Waals surface area contributed by atoms with Crippen LogP contribution in [0.25, 0.3) is 0 Å². The van der Waals surface area contributed by atoms with E-state index in [0.29, 0.717) is 30.1 Å². The lowest BCUT2D eigenvalue weighted by atomic mass is 9.96. The molecule has 27 heavy (non-hydrogen) atoms. The number of rotatable bonds is 4. The maximum Gasteiger partial charge on any atom is 0.253 e. The number of nitrogens with zero attached hydrogens (tertiary/aromatic N) is 1. The molecule has 0 bridgehead atoms. The van der Waals surface area contributed by atoms with Crippen LogP contribution in [0.5, 0.6) is 5.75 Å². The smallest absolute Gasteiger partial charge is 0.253 e. The Bertz CT molecular complexity index is 827. The van der Waals surface area contributed by atoms with Gasteiger partial charge in [-0.15, -0.1) is 0 Å². The normalized spacial score (nSPS) is 16.7. The molecule has 5 heteroatoms. The van der Waals surface area contributed by atoms with Crippen molar-refractivity contribution in [3.63, 3.8) is 0 Å². The van der Waals surface area contributed by atoms with E-state index in [0.717, 1.165) is 24.0 Å². The second-order valence-corrected chi connectivity index (χ2v) is 7.19. The first kappa shape index (κ1) is 19.0. The monoisotopic (exact) mass is 366 g/mol. The zero-order chi connectivity index (χ0) is 19.4. The largest absolute Gasteiger partial charge is 0.497 e. The van der Waals surface area contributed by atoms with Crippen molar-refractivity contribution in [3.05, 3.63) is 59.2 Å². The molecule has 1 aliphatic rings. The number of nitrogens with one attached hydrogen (secondary N) is 1. The Balaban J connectivity index is 1.67. The van der Waals surface area contributed by atoms with Gasteiger partial charge in [0.05, 0.1) is 13.0 Å². The topological polar surface area (TPSA) is 58.6 Å². The first-order valence-electron chi connectivity index (χ1n) is 9.29. The van der Waals surface area contributed by atoms with Crippen molar-refractivity contribution < 1.29 is 14.3 Å². The van der Waals surface area contributed by atoms with Crippen molar-refractivity contribution in [1.82, 2.24) is 4.90 Å². The zero-order valence-electron chi connectivity index (χ0n) is 16.1. The van der Waals surface area contributed by atoms with Gasteiger partial charge in [-0.3, -0.25) is 9.59 Å². The second kappa shape index (κ2) is 8.25. The SMILES string of the molecule is COc1cccc(NC(=O)[C@H]2CCCN(C(=O)c3cc(C)cc(C)c3)C2)c1. The van der Waals surface area contributed by atoms with Crippen LogP contribution in [-0.2, 0) is 4.79 Å². The molecule has 1 fully saturated rings. The second-order valence-electron chi connectivity index (χ2n) is 7.19. The summed E-state index contributed by atoms with van der Waals surface area (Å²) >= 11 is 0. The van der Waals surface area contributed by atoms with Crippen LogP contribution in [0.1, 0.15) is 34.3 Å². The summed E-state index contributed by atoms with van der Waals surface area (Å²) in [5, 5.41) is 2.95. The first-order valence-corrected chi connectivity index (χ1v) is 9.29. The number of carbonyl (C=O) groups is 2. The number of likely N-dealkylation sites (tertiary alicyclic amines) is 1. The van der Waals surface area contributed by atoms with Crippen molar-refractivity contribution >= 4 is 17.5 Å². The van der Waals surface area contributed by atoms with Gasteiger partial charge in [-0.2, -0.15) is 0 Å². The third-order valence-electron chi connectivity index (χ3n) is 4.89. The van der Waals surface area contributed by atoms with Crippen molar-refractivity contribution in [2.24, 2.45) is 5.92 Å². The fraction of sp³-hybridized carbons (Fsp3) is 0.364. The van der Waals surface area contributed by atoms with Crippen LogP contribution in [0.3, 0.4) is 0 Å². The highest BCUT2D eigenvalue weighted by Gasteiger charge is 2.29. The number of hydrogen-bond donors (Lipinski definition) is 1. The summed E-state index contributed by atoms with van der Waals surface area (Å²) in [6, 6.07) is 13.2. The van der Waals surface area contributed by atoms with E-state index in [2.05, 4.69) is 11.4 Å². The molecule has 0 spiro atoms. The Morgan fingerprint density at radius 3 is 2.56 bits per heavy atom. The summed E-state index contributed by atoms with van der Waals surface area (Å²) in [7, 11) is 1.60. The minimum atomic E-state index is -0.209. The molecule has 2 aromatic rings. The fourth-order valence-electron chi connectivity index (χ4n) is 3.60. The average Bonchev–Trinajstić information content (AvgIpc) is 2.67. The number of hydrogen-bond acceptors (Lipinski definition) is 3. The van der Waals surface area contributed by atoms with Gasteiger partial charge in [-0.25, -0.2) is 0 Å². The van der Waals surface area contributed by atoms with Crippen LogP contribution >= 0.6 is 0 Å². The van der Waals surface area contributed by atoms with E-state index < -0.39 is 0 Å². The molecule has 1 heterocycles. The van der Waals surface area contributed by atoms with Gasteiger partial charge in [-0.05, 0) is 51.0 Å². The zero-order valence-corrected chi connectivity index (χ0v) is 16.1. The van der Waals surface area contributed by atoms with E-state index in [1.54, 1.807) is 18.1 Å². The number of ether oxygens (including phenoxy) is 1. The Kier molecular flexibility index (Phi) is 5.79. The van der Waals surface area contributed by atoms with Gasteiger partial charge in [0.2, 0.25) is 5.91 Å². The predicted molar refractivity (Wildman–Crippen MR) is 106 cm³/mol. The Hall–Kier alpha value is -2.82. The van der Waals surface area contributed by atoms with Crippen molar-refractivity contribution in [2.45, 2.75) is 26.7 Å². The summed E-state index contributed by atoms with van der Waals surface area (Å²) in [6.07, 6.45) is 1.61. The minimum absolute atomic E-state index is 0.000630. The molecule has 3 rings (SSSR count). The lowest BCUT2D eigenvalue weighted by Gasteiger charge is -2.32. The average molecular weight is 366 g/mol. The highest BCUT2D eigenvalue weighted by molar-refractivity contribution is 5.96. The van der Waals surface area contributed by atoms with Crippen LogP contribution in [0.2, 0.25) is 0 Å². The van der Waals surface area contributed by atoms with Gasteiger partial charge in [0.25, 0.3) is 5.91 Å². The van der Waals surface area contributed by atoms with Crippen LogP contribution in [0, 0.1) is 19.8 Å². The summed E-state index contributed by atoms with van der Waals surface area (Å²) in [5.41, 5.74) is 3.55. The van der Waals surface area contributed by atoms with E-state index in [1.807, 2.05) is 44.2 Å². The molecular weight excluding hydrogens is 340 g/mol. The Labute approximate surface area is 160 Å². The van der Waals surface area contributed by atoms with Gasteiger partial charge in [-0.1, -0.05) is 23.3 Å². The number of amides is 2. The molecule has 1 saturated heterocycles. The van der Waals surface area contributed by atoms with E-state index in [4.69, 9.17) is 4.74 Å². The maximum absolute atomic E-state index is 12.9. The van der Waals surface area contributed by atoms with Gasteiger partial charge >= 0.3 is 0 Å². The lowest BCUT2D eigenvalue weighted by molar-refractivity contribution is -0.121. The molecule has 142 valence electrons. The Morgan fingerprint density at radius 2 is 1.85 bits per heavy atom. The number of aryl methyl sites for hydroxylation is 2. The minimum Gasteiger partial charge on any atom is -0.497 e. The van der Waals surface area contributed by atoms with E-state index in [-0.39, 0.29) is 17.7 Å². The highest BCUT2D eigenvalue weighted by Crippen LogP contribution is 2.23. The summed E-state index contributed by atoms with van der Waals surface area (Å²) < 4.78 is 5.19. The molecule has 5 nitrogen and oxygen atoms in total. The molecule has 2 aromatic carbocycles. The summed E-state index contributed by atoms with van der Waals surface area (Å²) in [5.74, 6) is 0.435. The van der Waals surface area contributed by atoms with Gasteiger partial charge in [0.15, 0.2) is 0 Å². The highest BCUT2D eigenvalue weighted by atomic mass is 16.5. The molecule has 0 aliphatic carbocycles. The van der Waals surface area contributed by atoms with Gasteiger partial charge in [0.1, 0.15) is 5.75 Å². The molecule has 0 unspecified atom stereocenters. The number of carbonyl (C=O) groups excluding carboxylic acids is 2. The third kappa shape index (κ3) is 4.67. The fourth-order valence-corrected chi connectivity index (χ4v) is 3.60. The van der Waals surface area contributed by atoms with Gasteiger partial charge < -0.3 is 15.0 Å². The number of methoxy groups -OCH3 is 1. The summed E-state index contributed by atoms with van der Waals surface area (Å²) in [4.78, 5) is 27.4. The van der Waals surface area contributed by atoms with Gasteiger partial charge in [0, 0.05) is 30.4 Å². The van der Waals surface area contributed by atoms with E-state index in [9.17, 15) is 9.59 Å². The third-order valence-corrected chi connectivity index (χ3v) is 4.89. The first-order chi connectivity index (χ1) is 13.0. The molecule has 0 aromatic heterocycles. The predicted octanol–water partition coefficient (Wildman–Crippen LogP) is 3.80. The molecule has 1 N–H and O–H groups in total. The molecule has 0 saturated carbocycles. The standard InChI is InChI=1S/C22H26N2O3/c1-15-10-16(2)12-18(11-15)22(26)24-9-5-6-17(14-24)21(25)23-19-7-4-8-20(13-19)27-3/h4,7-8,10-13,17H,5-6,9,14H2,1-3H3,(H,23,25)/t17-/m0/s1. The molecule has 0 radical (unpaired) electrons. The van der Waals surface area contributed by atoms with E-state index in [1.165, 1.54) is 0 Å². The van der Waals surface area contributed by atoms with Crippen LogP contribution in [0.15, 0.2) is 42.5 Å². The lowest BCUT2D eigenvalue weighted by Crippen LogP contribution is -2.43. The van der Waals surface area contributed by atoms with Crippen molar-refractivity contribution in [2.75, 3.05) is 25.5 Å². The molecule has 1 atom stereocenters.